The summed E-state index contributed by atoms with van der Waals surface area (Å²) in [6, 6.07) is 21.5. The molecule has 0 saturated heterocycles. The van der Waals surface area contributed by atoms with Crippen molar-refractivity contribution in [1.82, 2.24) is 5.43 Å². The summed E-state index contributed by atoms with van der Waals surface area (Å²) < 4.78 is 0. The first-order chi connectivity index (χ1) is 15.5. The van der Waals surface area contributed by atoms with Crippen LogP contribution in [0, 0.1) is 0 Å². The minimum Gasteiger partial charge on any atom is -0.286 e. The highest BCUT2D eigenvalue weighted by Crippen LogP contribution is 2.40. The number of rotatable bonds is 4. The van der Waals surface area contributed by atoms with Gasteiger partial charge in [0, 0.05) is 23.0 Å². The third-order valence-corrected chi connectivity index (χ3v) is 6.82. The van der Waals surface area contributed by atoms with Gasteiger partial charge in [0.25, 0.3) is 0 Å². The lowest BCUT2D eigenvalue weighted by Gasteiger charge is -2.25. The van der Waals surface area contributed by atoms with Gasteiger partial charge in [-0.25, -0.2) is 0 Å². The van der Waals surface area contributed by atoms with Crippen LogP contribution in [-0.2, 0) is 6.42 Å². The second kappa shape index (κ2) is 8.91. The van der Waals surface area contributed by atoms with Gasteiger partial charge in [-0.2, -0.15) is 5.10 Å². The molecule has 1 N–H and O–H groups in total. The van der Waals surface area contributed by atoms with E-state index in [1.807, 2.05) is 47.5 Å². The molecule has 0 amide bonds. The van der Waals surface area contributed by atoms with Gasteiger partial charge in [-0.15, -0.1) is 0 Å². The first-order valence-corrected chi connectivity index (χ1v) is 11.8. The molecule has 0 aromatic heterocycles. The maximum atomic E-state index is 6.54. The largest absolute Gasteiger partial charge is 0.286 e. The van der Waals surface area contributed by atoms with E-state index in [1.54, 1.807) is 6.07 Å². The number of hydrogen-bond donors (Lipinski definition) is 1. The molecule has 4 nitrogen and oxygen atoms in total. The molecule has 0 fully saturated rings. The SMILES string of the molecule is S=C(NN1CCc2ccccc21)C1=NN(c2ccc(Cl)cc2Cl)C(c2ccc(Cl)cc2)C1. The van der Waals surface area contributed by atoms with Crippen molar-refractivity contribution in [2.75, 3.05) is 16.6 Å². The van der Waals surface area contributed by atoms with Gasteiger partial charge in [0.05, 0.1) is 28.2 Å². The van der Waals surface area contributed by atoms with E-state index in [4.69, 9.17) is 52.1 Å². The number of hydrogen-bond acceptors (Lipinski definition) is 4. The molecule has 2 aliphatic heterocycles. The Bertz CT molecular complexity index is 1210. The monoisotopic (exact) mass is 500 g/mol. The molecule has 0 spiro atoms. The van der Waals surface area contributed by atoms with Gasteiger partial charge >= 0.3 is 0 Å². The van der Waals surface area contributed by atoms with Gasteiger partial charge in [0.2, 0.25) is 0 Å². The molecule has 5 rings (SSSR count). The fourth-order valence-corrected chi connectivity index (χ4v) is 4.98. The van der Waals surface area contributed by atoms with Gasteiger partial charge in [0.1, 0.15) is 4.99 Å². The number of fused-ring (bicyclic) bond motifs is 1. The number of nitrogens with zero attached hydrogens (tertiary/aromatic N) is 3. The predicted molar refractivity (Wildman–Crippen MR) is 138 cm³/mol. The summed E-state index contributed by atoms with van der Waals surface area (Å²) in [5.41, 5.74) is 8.51. The van der Waals surface area contributed by atoms with Crippen molar-refractivity contribution < 1.29 is 0 Å². The lowest BCUT2D eigenvalue weighted by atomic mass is 10.0. The smallest absolute Gasteiger partial charge is 0.141 e. The van der Waals surface area contributed by atoms with Gasteiger partial charge < -0.3 is 0 Å². The first kappa shape index (κ1) is 21.5. The number of anilines is 2. The summed E-state index contributed by atoms with van der Waals surface area (Å²) in [4.78, 5) is 0.605. The lowest BCUT2D eigenvalue weighted by molar-refractivity contribution is 0.709. The van der Waals surface area contributed by atoms with Gasteiger partial charge in [-0.05, 0) is 53.9 Å². The third-order valence-electron chi connectivity index (χ3n) is 5.71. The molecular formula is C24H19Cl3N4S. The second-order valence-electron chi connectivity index (χ2n) is 7.73. The summed E-state index contributed by atoms with van der Waals surface area (Å²) in [5, 5.41) is 10.7. The van der Waals surface area contributed by atoms with Crippen LogP contribution in [-0.4, -0.2) is 17.2 Å². The Morgan fingerprint density at radius 3 is 2.47 bits per heavy atom. The summed E-state index contributed by atoms with van der Waals surface area (Å²) in [5.74, 6) is 0. The molecule has 0 saturated carbocycles. The van der Waals surface area contributed by atoms with E-state index in [2.05, 4.69) is 28.6 Å². The van der Waals surface area contributed by atoms with Crippen molar-refractivity contribution in [3.63, 3.8) is 0 Å². The zero-order chi connectivity index (χ0) is 22.2. The van der Waals surface area contributed by atoms with Gasteiger partial charge in [-0.1, -0.05) is 77.4 Å². The van der Waals surface area contributed by atoms with Crippen molar-refractivity contribution in [2.45, 2.75) is 18.9 Å². The summed E-state index contributed by atoms with van der Waals surface area (Å²) in [6.07, 6.45) is 1.63. The Labute approximate surface area is 207 Å². The summed E-state index contributed by atoms with van der Waals surface area (Å²) >= 11 is 24.5. The van der Waals surface area contributed by atoms with E-state index in [0.717, 1.165) is 35.6 Å². The second-order valence-corrected chi connectivity index (χ2v) is 9.42. The number of hydrazine groups is 1. The lowest BCUT2D eigenvalue weighted by Crippen LogP contribution is -2.43. The molecule has 32 heavy (non-hydrogen) atoms. The Hall–Kier alpha value is -2.31. The Balaban J connectivity index is 1.44. The average Bonchev–Trinajstić information content (AvgIpc) is 3.39. The van der Waals surface area contributed by atoms with Crippen LogP contribution in [0.2, 0.25) is 15.1 Å². The van der Waals surface area contributed by atoms with Crippen LogP contribution >= 0.6 is 47.0 Å². The molecular weight excluding hydrogens is 483 g/mol. The molecule has 2 heterocycles. The Morgan fingerprint density at radius 2 is 1.69 bits per heavy atom. The molecule has 162 valence electrons. The van der Waals surface area contributed by atoms with Crippen molar-refractivity contribution in [2.24, 2.45) is 5.10 Å². The van der Waals surface area contributed by atoms with Gasteiger partial charge in [0.15, 0.2) is 0 Å². The Kier molecular flexibility index (Phi) is 5.99. The highest BCUT2D eigenvalue weighted by molar-refractivity contribution is 7.82. The van der Waals surface area contributed by atoms with E-state index >= 15 is 0 Å². The van der Waals surface area contributed by atoms with Crippen LogP contribution in [0.5, 0.6) is 0 Å². The van der Waals surface area contributed by atoms with Crippen molar-refractivity contribution >= 4 is 69.1 Å². The molecule has 1 unspecified atom stereocenters. The van der Waals surface area contributed by atoms with E-state index in [0.29, 0.717) is 26.5 Å². The summed E-state index contributed by atoms with van der Waals surface area (Å²) in [7, 11) is 0. The quantitative estimate of drug-likeness (QED) is 0.396. The zero-order valence-corrected chi connectivity index (χ0v) is 20.0. The van der Waals surface area contributed by atoms with Crippen LogP contribution in [0.4, 0.5) is 11.4 Å². The normalized spacial score (nSPS) is 17.3. The molecule has 1 atom stereocenters. The number of hydrazone groups is 1. The first-order valence-electron chi connectivity index (χ1n) is 10.2. The fourth-order valence-electron chi connectivity index (χ4n) is 4.12. The maximum absolute atomic E-state index is 6.54. The molecule has 0 radical (unpaired) electrons. The molecule has 3 aromatic carbocycles. The van der Waals surface area contributed by atoms with E-state index < -0.39 is 0 Å². The summed E-state index contributed by atoms with van der Waals surface area (Å²) in [6.45, 7) is 0.861. The number of para-hydroxylation sites is 1. The van der Waals surface area contributed by atoms with Gasteiger partial charge in [-0.3, -0.25) is 15.4 Å². The van der Waals surface area contributed by atoms with Crippen molar-refractivity contribution in [1.29, 1.82) is 0 Å². The molecule has 8 heteroatoms. The number of nitrogens with one attached hydrogen (secondary N) is 1. The fraction of sp³-hybridized carbons (Fsp3) is 0.167. The molecule has 0 bridgehead atoms. The van der Waals surface area contributed by atoms with Crippen molar-refractivity contribution in [3.8, 4) is 0 Å². The minimum atomic E-state index is -0.0634. The van der Waals surface area contributed by atoms with E-state index in [9.17, 15) is 0 Å². The maximum Gasteiger partial charge on any atom is 0.141 e. The van der Waals surface area contributed by atoms with E-state index in [1.165, 1.54) is 5.56 Å². The predicted octanol–water partition coefficient (Wildman–Crippen LogP) is 6.85. The Morgan fingerprint density at radius 1 is 0.938 bits per heavy atom. The third kappa shape index (κ3) is 4.18. The van der Waals surface area contributed by atoms with Crippen LogP contribution in [0.1, 0.15) is 23.6 Å². The van der Waals surface area contributed by atoms with Crippen LogP contribution in [0.3, 0.4) is 0 Å². The van der Waals surface area contributed by atoms with Crippen molar-refractivity contribution in [3.05, 3.63) is 92.9 Å². The minimum absolute atomic E-state index is 0.0634. The number of thiocarbonyl (C=S) groups is 1. The van der Waals surface area contributed by atoms with E-state index in [-0.39, 0.29) is 6.04 Å². The standard InChI is InChI=1S/C24H19Cl3N4S/c25-17-7-5-16(6-8-17)23-14-20(28-31(23)22-10-9-18(26)13-19(22)27)24(32)29-30-12-11-15-3-1-2-4-21(15)30/h1-10,13,23H,11-12,14H2,(H,29,32). The van der Waals surface area contributed by atoms with Crippen LogP contribution < -0.4 is 15.4 Å². The highest BCUT2D eigenvalue weighted by Gasteiger charge is 2.33. The average molecular weight is 502 g/mol. The molecule has 2 aliphatic rings. The zero-order valence-electron chi connectivity index (χ0n) is 16.9. The number of benzene rings is 3. The molecule has 3 aromatic rings. The van der Waals surface area contributed by atoms with Crippen LogP contribution in [0.15, 0.2) is 71.8 Å². The number of halogens is 3. The molecule has 0 aliphatic carbocycles. The highest BCUT2D eigenvalue weighted by atomic mass is 35.5. The topological polar surface area (TPSA) is 30.9 Å². The van der Waals surface area contributed by atoms with Crippen LogP contribution in [0.25, 0.3) is 0 Å².